The summed E-state index contributed by atoms with van der Waals surface area (Å²) in [7, 11) is 0. The van der Waals surface area contributed by atoms with Gasteiger partial charge in [-0.2, -0.15) is 0 Å². The van der Waals surface area contributed by atoms with Crippen molar-refractivity contribution in [1.82, 2.24) is 10.8 Å². The molecular weight excluding hydrogens is 160 g/mol. The highest BCUT2D eigenvalue weighted by molar-refractivity contribution is 5.79. The van der Waals surface area contributed by atoms with Gasteiger partial charge in [0, 0.05) is 12.5 Å². The first kappa shape index (κ1) is 8.79. The first-order valence-corrected chi connectivity index (χ1v) is 3.71. The van der Waals surface area contributed by atoms with Crippen molar-refractivity contribution in [3.63, 3.8) is 0 Å². The molecule has 0 aromatic heterocycles. The van der Waals surface area contributed by atoms with E-state index in [1.807, 2.05) is 0 Å². The number of amides is 1. The third-order valence-corrected chi connectivity index (χ3v) is 1.68. The molecule has 6 heteroatoms. The van der Waals surface area contributed by atoms with Crippen molar-refractivity contribution in [1.29, 1.82) is 0 Å². The van der Waals surface area contributed by atoms with E-state index >= 15 is 0 Å². The minimum absolute atomic E-state index is 0.0313. The van der Waals surface area contributed by atoms with Crippen LogP contribution in [0, 0.1) is 0 Å². The number of nitrogens with two attached hydrogens (primary N) is 1. The second-order valence-electron chi connectivity index (χ2n) is 2.64. The molecule has 1 amide bonds. The second kappa shape index (κ2) is 3.91. The molecule has 0 aromatic carbocycles. The number of rotatable bonds is 2. The van der Waals surface area contributed by atoms with Crippen LogP contribution >= 0.6 is 0 Å². The highest BCUT2D eigenvalue weighted by Gasteiger charge is 2.19. The third-order valence-electron chi connectivity index (χ3n) is 1.68. The summed E-state index contributed by atoms with van der Waals surface area (Å²) in [6.07, 6.45) is 1.33. The SMILES string of the molecule is NC(=NCC1CCC(=O)N1)NO. The van der Waals surface area contributed by atoms with Crippen LogP contribution < -0.4 is 16.5 Å². The summed E-state index contributed by atoms with van der Waals surface area (Å²) < 4.78 is 0. The van der Waals surface area contributed by atoms with E-state index < -0.39 is 0 Å². The number of carbonyl (C=O) groups excluding carboxylic acids is 1. The topological polar surface area (TPSA) is 99.7 Å². The molecular formula is C6H12N4O2. The lowest BCUT2D eigenvalue weighted by Gasteiger charge is -2.05. The van der Waals surface area contributed by atoms with Crippen molar-refractivity contribution < 1.29 is 10.0 Å². The molecule has 1 saturated heterocycles. The number of carbonyl (C=O) groups is 1. The van der Waals surface area contributed by atoms with Crippen LogP contribution in [0.2, 0.25) is 0 Å². The Balaban J connectivity index is 2.28. The molecule has 1 rings (SSSR count). The van der Waals surface area contributed by atoms with Gasteiger partial charge in [0.2, 0.25) is 11.9 Å². The van der Waals surface area contributed by atoms with Gasteiger partial charge in [0.25, 0.3) is 0 Å². The van der Waals surface area contributed by atoms with Crippen LogP contribution in [-0.4, -0.2) is 29.7 Å². The predicted octanol–water partition coefficient (Wildman–Crippen LogP) is -1.44. The van der Waals surface area contributed by atoms with Gasteiger partial charge in [-0.05, 0) is 6.42 Å². The van der Waals surface area contributed by atoms with E-state index in [0.29, 0.717) is 13.0 Å². The summed E-state index contributed by atoms with van der Waals surface area (Å²) in [4.78, 5) is 14.5. The molecule has 0 spiro atoms. The van der Waals surface area contributed by atoms with Gasteiger partial charge in [0.1, 0.15) is 0 Å². The summed E-state index contributed by atoms with van der Waals surface area (Å²) in [5.41, 5.74) is 6.88. The van der Waals surface area contributed by atoms with E-state index in [2.05, 4.69) is 10.3 Å². The van der Waals surface area contributed by atoms with Crippen LogP contribution in [0.25, 0.3) is 0 Å². The Hall–Kier alpha value is -1.30. The van der Waals surface area contributed by atoms with Crippen LogP contribution in [0.1, 0.15) is 12.8 Å². The fraction of sp³-hybridized carbons (Fsp3) is 0.667. The number of nitrogens with zero attached hydrogens (tertiary/aromatic N) is 1. The summed E-state index contributed by atoms with van der Waals surface area (Å²) in [5, 5.41) is 11.0. The lowest BCUT2D eigenvalue weighted by atomic mass is 10.2. The number of hydroxylamine groups is 1. The smallest absolute Gasteiger partial charge is 0.220 e. The van der Waals surface area contributed by atoms with Crippen LogP contribution in [0.3, 0.4) is 0 Å². The zero-order valence-corrected chi connectivity index (χ0v) is 6.58. The van der Waals surface area contributed by atoms with Crippen LogP contribution in [0.4, 0.5) is 0 Å². The Kier molecular flexibility index (Phi) is 2.87. The summed E-state index contributed by atoms with van der Waals surface area (Å²) in [6, 6.07) is 0.0596. The minimum atomic E-state index is -0.0313. The standard InChI is InChI=1S/C6H12N4O2/c7-6(10-12)8-3-4-1-2-5(11)9-4/h4,12H,1-3H2,(H,9,11)(H3,7,8,10). The Morgan fingerprint density at radius 2 is 2.67 bits per heavy atom. The maximum absolute atomic E-state index is 10.7. The lowest BCUT2D eigenvalue weighted by Crippen LogP contribution is -2.32. The van der Waals surface area contributed by atoms with Gasteiger partial charge in [-0.25, -0.2) is 10.5 Å². The number of nitrogens with one attached hydrogen (secondary N) is 2. The van der Waals surface area contributed by atoms with Gasteiger partial charge >= 0.3 is 0 Å². The normalized spacial score (nSPS) is 23.9. The van der Waals surface area contributed by atoms with E-state index in [9.17, 15) is 4.79 Å². The van der Waals surface area contributed by atoms with Crippen molar-refractivity contribution in [2.24, 2.45) is 10.7 Å². The maximum Gasteiger partial charge on any atom is 0.220 e. The van der Waals surface area contributed by atoms with Crippen LogP contribution in [-0.2, 0) is 4.79 Å². The molecule has 68 valence electrons. The van der Waals surface area contributed by atoms with E-state index in [4.69, 9.17) is 10.9 Å². The number of guanidine groups is 1. The Morgan fingerprint density at radius 3 is 3.17 bits per heavy atom. The first-order valence-electron chi connectivity index (χ1n) is 3.71. The molecule has 6 nitrogen and oxygen atoms in total. The molecule has 1 atom stereocenters. The van der Waals surface area contributed by atoms with Gasteiger partial charge in [0.05, 0.1) is 6.54 Å². The average Bonchev–Trinajstić information content (AvgIpc) is 2.47. The molecule has 0 aliphatic carbocycles. The number of hydrogen-bond donors (Lipinski definition) is 4. The molecule has 5 N–H and O–H groups in total. The molecule has 0 radical (unpaired) electrons. The number of hydrogen-bond acceptors (Lipinski definition) is 3. The lowest BCUT2D eigenvalue weighted by molar-refractivity contribution is -0.119. The molecule has 0 saturated carbocycles. The molecule has 12 heavy (non-hydrogen) atoms. The molecule has 0 bridgehead atoms. The van der Waals surface area contributed by atoms with E-state index in [1.165, 1.54) is 0 Å². The fourth-order valence-corrected chi connectivity index (χ4v) is 1.06. The Labute approximate surface area is 69.8 Å². The zero-order valence-electron chi connectivity index (χ0n) is 6.58. The fourth-order valence-electron chi connectivity index (χ4n) is 1.06. The summed E-state index contributed by atoms with van der Waals surface area (Å²) in [6.45, 7) is 0.408. The van der Waals surface area contributed by atoms with Gasteiger partial charge < -0.3 is 11.1 Å². The van der Waals surface area contributed by atoms with E-state index in [-0.39, 0.29) is 17.9 Å². The largest absolute Gasteiger partial charge is 0.368 e. The monoisotopic (exact) mass is 172 g/mol. The minimum Gasteiger partial charge on any atom is -0.368 e. The molecule has 1 aliphatic rings. The number of aliphatic imine (C=N–C) groups is 1. The van der Waals surface area contributed by atoms with Crippen molar-refractivity contribution in [2.45, 2.75) is 18.9 Å². The van der Waals surface area contributed by atoms with Crippen molar-refractivity contribution in [2.75, 3.05) is 6.54 Å². The average molecular weight is 172 g/mol. The highest BCUT2D eigenvalue weighted by atomic mass is 16.5. The quantitative estimate of drug-likeness (QED) is 0.233. The molecule has 1 aliphatic heterocycles. The summed E-state index contributed by atoms with van der Waals surface area (Å²) >= 11 is 0. The molecule has 1 unspecified atom stereocenters. The molecule has 0 aromatic rings. The van der Waals surface area contributed by atoms with Gasteiger partial charge in [-0.1, -0.05) is 0 Å². The van der Waals surface area contributed by atoms with Gasteiger partial charge in [-0.15, -0.1) is 0 Å². The Morgan fingerprint density at radius 1 is 1.92 bits per heavy atom. The van der Waals surface area contributed by atoms with Crippen molar-refractivity contribution in [3.05, 3.63) is 0 Å². The predicted molar refractivity (Wildman–Crippen MR) is 42.6 cm³/mol. The van der Waals surface area contributed by atoms with Crippen LogP contribution in [0.5, 0.6) is 0 Å². The van der Waals surface area contributed by atoms with Gasteiger partial charge in [0.15, 0.2) is 0 Å². The van der Waals surface area contributed by atoms with E-state index in [0.717, 1.165) is 6.42 Å². The second-order valence-corrected chi connectivity index (χ2v) is 2.64. The van der Waals surface area contributed by atoms with E-state index in [1.54, 1.807) is 5.48 Å². The Bertz CT molecular complexity index is 204. The zero-order chi connectivity index (χ0) is 8.97. The van der Waals surface area contributed by atoms with Gasteiger partial charge in [-0.3, -0.25) is 10.0 Å². The highest BCUT2D eigenvalue weighted by Crippen LogP contribution is 2.05. The molecule has 1 fully saturated rings. The van der Waals surface area contributed by atoms with Crippen molar-refractivity contribution in [3.8, 4) is 0 Å². The van der Waals surface area contributed by atoms with Crippen LogP contribution in [0.15, 0.2) is 4.99 Å². The third kappa shape index (κ3) is 2.39. The summed E-state index contributed by atoms with van der Waals surface area (Å²) in [5.74, 6) is 0.0156. The maximum atomic E-state index is 10.7. The first-order chi connectivity index (χ1) is 5.72. The van der Waals surface area contributed by atoms with Crippen molar-refractivity contribution >= 4 is 11.9 Å². The molecule has 1 heterocycles.